The molecule has 0 spiro atoms. The van der Waals surface area contributed by atoms with Gasteiger partial charge in [-0.05, 0) is 55.7 Å². The molecule has 1 aromatic carbocycles. The van der Waals surface area contributed by atoms with Crippen LogP contribution in [0.4, 0.5) is 11.5 Å². The Labute approximate surface area is 204 Å². The van der Waals surface area contributed by atoms with Crippen LogP contribution in [0.15, 0.2) is 73.2 Å². The average molecular weight is 468 g/mol. The van der Waals surface area contributed by atoms with Crippen LogP contribution < -0.4 is 9.80 Å². The first-order valence-electron chi connectivity index (χ1n) is 12.4. The lowest BCUT2D eigenvalue weighted by Gasteiger charge is -2.27. The first-order valence-corrected chi connectivity index (χ1v) is 13.4. The molecule has 0 bridgehead atoms. The van der Waals surface area contributed by atoms with Gasteiger partial charge in [-0.3, -0.25) is 0 Å². The number of fused-ring (bicyclic) bond motifs is 1. The fourth-order valence-electron chi connectivity index (χ4n) is 5.70. The van der Waals surface area contributed by atoms with Gasteiger partial charge in [-0.15, -0.1) is 11.8 Å². The number of para-hydroxylation sites is 1. The van der Waals surface area contributed by atoms with Crippen molar-refractivity contribution in [2.45, 2.75) is 31.1 Å². The van der Waals surface area contributed by atoms with Gasteiger partial charge in [0, 0.05) is 42.6 Å². The maximum atomic E-state index is 3.78. The number of hydrogen-bond acceptors (Lipinski definition) is 3. The topological polar surface area (TPSA) is 43.0 Å². The second-order valence-electron chi connectivity index (χ2n) is 9.32. The first-order chi connectivity index (χ1) is 16.9. The summed E-state index contributed by atoms with van der Waals surface area (Å²) in [5, 5.41) is 1.69. The summed E-state index contributed by atoms with van der Waals surface area (Å²) in [5.74, 6) is 2.56. The molecule has 1 saturated heterocycles. The molecule has 34 heavy (non-hydrogen) atoms. The number of rotatable bonds is 5. The highest BCUT2D eigenvalue weighted by Crippen LogP contribution is 2.54. The first kappa shape index (κ1) is 20.2. The second kappa shape index (κ2) is 8.20. The smallest absolute Gasteiger partial charge is 0.139 e. The van der Waals surface area contributed by atoms with Gasteiger partial charge >= 0.3 is 0 Å². The molecule has 1 fully saturated rings. The van der Waals surface area contributed by atoms with Crippen molar-refractivity contribution in [1.29, 1.82) is 0 Å². The lowest BCUT2D eigenvalue weighted by atomic mass is 10.1. The van der Waals surface area contributed by atoms with Gasteiger partial charge in [-0.25, -0.2) is 0 Å². The fraction of sp³-hybridized carbons (Fsp3) is 0.286. The molecule has 1 atom stereocenters. The Morgan fingerprint density at radius 2 is 1.76 bits per heavy atom. The summed E-state index contributed by atoms with van der Waals surface area (Å²) in [7, 11) is 0. The van der Waals surface area contributed by atoms with Crippen molar-refractivity contribution in [1.82, 2.24) is 14.5 Å². The van der Waals surface area contributed by atoms with E-state index in [1.807, 2.05) is 6.20 Å². The normalized spacial score (nSPS) is 19.9. The Morgan fingerprint density at radius 1 is 0.912 bits per heavy atom. The summed E-state index contributed by atoms with van der Waals surface area (Å²) < 4.78 is 2.65. The third-order valence-electron chi connectivity index (χ3n) is 7.20. The molecule has 0 aliphatic carbocycles. The number of hydrogen-bond donors (Lipinski definition) is 2. The van der Waals surface area contributed by atoms with Gasteiger partial charge in [0.1, 0.15) is 5.82 Å². The van der Waals surface area contributed by atoms with Gasteiger partial charge in [-0.1, -0.05) is 30.4 Å². The number of anilines is 2. The zero-order chi connectivity index (χ0) is 22.5. The van der Waals surface area contributed by atoms with Crippen molar-refractivity contribution in [3.05, 3.63) is 73.2 Å². The van der Waals surface area contributed by atoms with E-state index >= 15 is 0 Å². The lowest BCUT2D eigenvalue weighted by molar-refractivity contribution is 0.647. The van der Waals surface area contributed by atoms with E-state index < -0.39 is 0 Å². The van der Waals surface area contributed by atoms with E-state index in [2.05, 4.69) is 103 Å². The maximum Gasteiger partial charge on any atom is 0.139 e. The van der Waals surface area contributed by atoms with Crippen molar-refractivity contribution in [3.63, 3.8) is 0 Å². The van der Waals surface area contributed by atoms with E-state index in [1.165, 1.54) is 63.6 Å². The van der Waals surface area contributed by atoms with Gasteiger partial charge in [0.25, 0.3) is 0 Å². The number of benzene rings is 1. The molecule has 0 saturated carbocycles. The molecule has 4 aromatic rings. The van der Waals surface area contributed by atoms with Crippen molar-refractivity contribution in [2.24, 2.45) is 0 Å². The van der Waals surface area contributed by atoms with E-state index in [9.17, 15) is 0 Å². The van der Waals surface area contributed by atoms with Gasteiger partial charge in [0.05, 0.1) is 33.7 Å². The average Bonchev–Trinajstić information content (AvgIpc) is 3.71. The molecule has 3 aliphatic heterocycles. The summed E-state index contributed by atoms with van der Waals surface area (Å²) in [6.07, 6.45) is 15.9. The Kier molecular flexibility index (Phi) is 4.86. The molecular formula is C28H29N5S. The zero-order valence-electron chi connectivity index (χ0n) is 19.2. The van der Waals surface area contributed by atoms with Crippen molar-refractivity contribution in [2.75, 3.05) is 28.6 Å². The largest absolute Gasteiger partial charge is 0.360 e. The minimum absolute atomic E-state index is 0.436. The van der Waals surface area contributed by atoms with E-state index in [-0.39, 0.29) is 0 Å². The van der Waals surface area contributed by atoms with E-state index in [0.29, 0.717) is 5.37 Å². The minimum Gasteiger partial charge on any atom is -0.360 e. The number of aromatic nitrogens is 3. The monoisotopic (exact) mass is 467 g/mol. The maximum absolute atomic E-state index is 3.78. The highest BCUT2D eigenvalue weighted by atomic mass is 32.2. The standard InChI is InChI=1S/C28H29N5S/c1-2-10-21-20(9-1)19-23(30-21)25-26(22-11-7-13-29-22)33(24-12-8-18-34-24)28(32-16-5-6-17-32)27(25)31-14-3-4-15-31/h1-3,5,7,9-11,13-14,16,19,24,29-30H,4,6,8,12,15,17-18H2. The Balaban J connectivity index is 1.59. The van der Waals surface area contributed by atoms with Crippen LogP contribution in [-0.4, -0.2) is 33.4 Å². The molecule has 6 heteroatoms. The highest BCUT2D eigenvalue weighted by molar-refractivity contribution is 7.99. The summed E-state index contributed by atoms with van der Waals surface area (Å²) in [5.41, 5.74) is 7.47. The number of H-pyrrole nitrogens is 2. The number of aromatic amines is 2. The third kappa shape index (κ3) is 3.16. The predicted molar refractivity (Wildman–Crippen MR) is 144 cm³/mol. The summed E-state index contributed by atoms with van der Waals surface area (Å²) >= 11 is 2.10. The summed E-state index contributed by atoms with van der Waals surface area (Å²) in [6, 6.07) is 15.3. The van der Waals surface area contributed by atoms with Crippen LogP contribution in [0.5, 0.6) is 0 Å². The van der Waals surface area contributed by atoms with Crippen molar-refractivity contribution in [3.8, 4) is 22.6 Å². The Bertz CT molecular complexity index is 1350. The molecule has 3 aliphatic rings. The SMILES string of the molecule is C1=CN(c2c(-c3cc4ccccc4[nH]3)c(-c3ccc[nH]3)n(C3CCCS3)c2N2C=CCC2)CC1. The van der Waals surface area contributed by atoms with Crippen LogP contribution in [0.25, 0.3) is 33.5 Å². The third-order valence-corrected chi connectivity index (χ3v) is 8.56. The predicted octanol–water partition coefficient (Wildman–Crippen LogP) is 7.10. The number of thioether (sulfide) groups is 1. The number of nitrogens with one attached hydrogen (secondary N) is 2. The molecule has 1 unspecified atom stereocenters. The van der Waals surface area contributed by atoms with Crippen LogP contribution in [0.3, 0.4) is 0 Å². The van der Waals surface area contributed by atoms with Crippen LogP contribution in [0, 0.1) is 0 Å². The van der Waals surface area contributed by atoms with Gasteiger partial charge < -0.3 is 24.3 Å². The fourth-order valence-corrected chi connectivity index (χ4v) is 7.00. The summed E-state index contributed by atoms with van der Waals surface area (Å²) in [4.78, 5) is 12.3. The molecule has 7 rings (SSSR count). The van der Waals surface area contributed by atoms with Crippen LogP contribution in [-0.2, 0) is 0 Å². The van der Waals surface area contributed by atoms with Crippen molar-refractivity contribution >= 4 is 34.2 Å². The molecule has 2 N–H and O–H groups in total. The van der Waals surface area contributed by atoms with Crippen molar-refractivity contribution < 1.29 is 0 Å². The summed E-state index contributed by atoms with van der Waals surface area (Å²) in [6.45, 7) is 2.05. The van der Waals surface area contributed by atoms with Crippen LogP contribution >= 0.6 is 11.8 Å². The molecule has 3 aromatic heterocycles. The molecular weight excluding hydrogens is 438 g/mol. The minimum atomic E-state index is 0.436. The molecule has 0 amide bonds. The van der Waals surface area contributed by atoms with Crippen LogP contribution in [0.2, 0.25) is 0 Å². The van der Waals surface area contributed by atoms with Crippen LogP contribution in [0.1, 0.15) is 31.1 Å². The van der Waals surface area contributed by atoms with E-state index in [0.717, 1.165) is 25.9 Å². The highest BCUT2D eigenvalue weighted by Gasteiger charge is 2.36. The molecule has 6 heterocycles. The molecule has 172 valence electrons. The van der Waals surface area contributed by atoms with E-state index in [1.54, 1.807) is 0 Å². The molecule has 5 nitrogen and oxygen atoms in total. The van der Waals surface area contributed by atoms with Gasteiger partial charge in [0.2, 0.25) is 0 Å². The quantitative estimate of drug-likeness (QED) is 0.329. The second-order valence-corrected chi connectivity index (χ2v) is 10.6. The van der Waals surface area contributed by atoms with Gasteiger partial charge in [-0.2, -0.15) is 0 Å². The van der Waals surface area contributed by atoms with Gasteiger partial charge in [0.15, 0.2) is 0 Å². The number of nitrogens with zero attached hydrogens (tertiary/aromatic N) is 3. The zero-order valence-corrected chi connectivity index (χ0v) is 20.0. The Hall–Kier alpha value is -3.25. The molecule has 0 radical (unpaired) electrons. The van der Waals surface area contributed by atoms with E-state index in [4.69, 9.17) is 0 Å². The Morgan fingerprint density at radius 3 is 2.47 bits per heavy atom. The lowest BCUT2D eigenvalue weighted by Crippen LogP contribution is -2.22.